The Morgan fingerprint density at radius 2 is 0.851 bits per heavy atom. The number of fused-ring (bicyclic) bond motifs is 10. The molecule has 12 rings (SSSR count). The fourth-order valence-electron chi connectivity index (χ4n) is 9.36. The number of rotatable bonds is 5. The first-order chi connectivity index (χ1) is 32.4. The van der Waals surface area contributed by atoms with E-state index < -0.39 is 0 Å². The molecule has 286 valence electrons. The van der Waals surface area contributed by atoms with Gasteiger partial charge >= 0.3 is 0 Å². The highest BCUT2D eigenvalue weighted by Crippen LogP contribution is 2.39. The van der Waals surface area contributed by atoms with Crippen LogP contribution in [0.1, 0.15) is 0 Å². The second kappa shape index (κ2) is 15.2. The van der Waals surface area contributed by atoms with Gasteiger partial charge in [0.2, 0.25) is 0 Å². The summed E-state index contributed by atoms with van der Waals surface area (Å²) in [6.07, 6.45) is 0. The van der Waals surface area contributed by atoms with E-state index in [2.05, 4.69) is 24.3 Å². The molecule has 0 N–H and O–H groups in total. The highest BCUT2D eigenvalue weighted by molar-refractivity contribution is 6.71. The fraction of sp³-hybridized carbons (Fsp3) is 0. The lowest BCUT2D eigenvalue weighted by atomic mass is 9.64. The SMILES string of the molecule is [B]c1c([B])c([B])c2c(oc3c2c([B])c([B])c2c3c3c([B])c([B])c([B])c([B])c3n2-c2ccc3oc4cc(-c5nc(-c6ccccc6)nc(-c6cccc(-c7ccccc7)c6)n5)ccc4c3c2)c1[B]. The maximum atomic E-state index is 7.06. The number of hydrogen-bond acceptors (Lipinski definition) is 5. The van der Waals surface area contributed by atoms with E-state index in [9.17, 15) is 0 Å². The molecule has 4 aromatic heterocycles. The highest BCUT2D eigenvalue weighted by Gasteiger charge is 2.27. The Hall–Kier alpha value is -7.18. The van der Waals surface area contributed by atoms with Crippen molar-refractivity contribution in [2.45, 2.75) is 0 Å². The number of hydrogen-bond donors (Lipinski definition) is 0. The van der Waals surface area contributed by atoms with Crippen molar-refractivity contribution < 1.29 is 8.83 Å². The first-order valence-corrected chi connectivity index (χ1v) is 21.1. The number of benzene rings is 8. The lowest BCUT2D eigenvalue weighted by Gasteiger charge is -2.17. The second-order valence-corrected chi connectivity index (χ2v) is 16.5. The van der Waals surface area contributed by atoms with Crippen LogP contribution in [0.25, 0.3) is 117 Å². The molecule has 16 heteroatoms. The van der Waals surface area contributed by atoms with Crippen LogP contribution in [-0.2, 0) is 0 Å². The number of furan rings is 2. The quantitative estimate of drug-likeness (QED) is 0.246. The average Bonchev–Trinajstić information content (AvgIpc) is 4.06. The zero-order valence-corrected chi connectivity index (χ0v) is 35.4. The predicted octanol–water partition coefficient (Wildman–Crippen LogP) is 1.37. The summed E-state index contributed by atoms with van der Waals surface area (Å²) in [6, 6.07) is 39.8. The highest BCUT2D eigenvalue weighted by atomic mass is 16.3. The molecule has 0 spiro atoms. The van der Waals surface area contributed by atoms with Crippen LogP contribution in [0.2, 0.25) is 0 Å². The second-order valence-electron chi connectivity index (χ2n) is 16.5. The van der Waals surface area contributed by atoms with Crippen molar-refractivity contribution in [3.05, 3.63) is 121 Å². The molecule has 0 fully saturated rings. The van der Waals surface area contributed by atoms with Crippen LogP contribution in [0, 0.1) is 0 Å². The van der Waals surface area contributed by atoms with E-state index in [1.165, 1.54) is 0 Å². The van der Waals surface area contributed by atoms with Gasteiger partial charge < -0.3 is 13.4 Å². The molecule has 0 saturated heterocycles. The van der Waals surface area contributed by atoms with Crippen LogP contribution < -0.4 is 54.6 Å². The summed E-state index contributed by atoms with van der Waals surface area (Å²) < 4.78 is 14.9. The molecule has 0 amide bonds. The van der Waals surface area contributed by atoms with Crippen molar-refractivity contribution >= 4 is 199 Å². The normalized spacial score (nSPS) is 11.9. The van der Waals surface area contributed by atoms with Gasteiger partial charge in [-0.25, -0.2) is 15.0 Å². The molecule has 0 aliphatic rings. The number of nitrogens with zero attached hydrogens (tertiary/aromatic N) is 4. The van der Waals surface area contributed by atoms with E-state index in [1.807, 2.05) is 102 Å². The molecule has 8 aromatic carbocycles. The van der Waals surface area contributed by atoms with Crippen molar-refractivity contribution in [1.82, 2.24) is 19.5 Å². The van der Waals surface area contributed by atoms with Crippen LogP contribution in [0.15, 0.2) is 130 Å². The minimum atomic E-state index is 0.0719. The van der Waals surface area contributed by atoms with Gasteiger partial charge in [-0.15, -0.1) is 21.9 Å². The largest absolute Gasteiger partial charge is 0.456 e. The van der Waals surface area contributed by atoms with E-state index in [4.69, 9.17) is 102 Å². The number of aromatic nitrogens is 4. The van der Waals surface area contributed by atoms with E-state index >= 15 is 0 Å². The molecule has 4 heterocycles. The van der Waals surface area contributed by atoms with E-state index in [0.717, 1.165) is 38.6 Å². The third-order valence-corrected chi connectivity index (χ3v) is 12.8. The molecule has 0 unspecified atom stereocenters. The first-order valence-electron chi connectivity index (χ1n) is 21.1. The Balaban J connectivity index is 1.06. The van der Waals surface area contributed by atoms with Crippen LogP contribution >= 0.6 is 0 Å². The van der Waals surface area contributed by atoms with Gasteiger partial charge in [-0.1, -0.05) is 118 Å². The fourth-order valence-corrected chi connectivity index (χ4v) is 9.36. The zero-order valence-electron chi connectivity index (χ0n) is 35.4. The van der Waals surface area contributed by atoms with Gasteiger partial charge in [0.25, 0.3) is 0 Å². The van der Waals surface area contributed by atoms with Crippen molar-refractivity contribution in [2.24, 2.45) is 0 Å². The minimum Gasteiger partial charge on any atom is -0.456 e. The summed E-state index contributed by atoms with van der Waals surface area (Å²) in [5, 5.41) is 3.20. The minimum absolute atomic E-state index is 0.0719. The molecular weight excluding hydrogens is 809 g/mol. The summed E-state index contributed by atoms with van der Waals surface area (Å²) in [5.74, 6) is 1.55. The van der Waals surface area contributed by atoms with Gasteiger partial charge in [0.1, 0.15) is 101 Å². The van der Waals surface area contributed by atoms with E-state index in [0.29, 0.717) is 66.9 Å². The van der Waals surface area contributed by atoms with E-state index in [1.54, 1.807) is 0 Å². The van der Waals surface area contributed by atoms with Crippen LogP contribution in [0.4, 0.5) is 0 Å². The van der Waals surface area contributed by atoms with Gasteiger partial charge in [0, 0.05) is 60.2 Å². The third kappa shape index (κ3) is 6.07. The Morgan fingerprint density at radius 1 is 0.328 bits per heavy atom. The predicted molar refractivity (Wildman–Crippen MR) is 284 cm³/mol. The molecule has 0 atom stereocenters. The Bertz CT molecular complexity index is 4110. The van der Waals surface area contributed by atoms with Crippen LogP contribution in [-0.4, -0.2) is 98.0 Å². The Kier molecular flexibility index (Phi) is 9.35. The summed E-state index contributed by atoms with van der Waals surface area (Å²) >= 11 is 0. The molecule has 0 bridgehead atoms. The maximum Gasteiger partial charge on any atom is 0.164 e. The topological polar surface area (TPSA) is 69.9 Å². The van der Waals surface area contributed by atoms with Crippen molar-refractivity contribution in [3.8, 4) is 51.0 Å². The molecule has 12 aromatic rings. The first kappa shape index (κ1) is 41.3. The van der Waals surface area contributed by atoms with Crippen molar-refractivity contribution in [3.63, 3.8) is 0 Å². The van der Waals surface area contributed by atoms with E-state index in [-0.39, 0.29) is 65.8 Å². The van der Waals surface area contributed by atoms with Gasteiger partial charge in [-0.3, -0.25) is 0 Å². The smallest absolute Gasteiger partial charge is 0.164 e. The van der Waals surface area contributed by atoms with Crippen molar-refractivity contribution in [1.29, 1.82) is 0 Å². The van der Waals surface area contributed by atoms with Gasteiger partial charge in [0.15, 0.2) is 17.5 Å². The van der Waals surface area contributed by atoms with Gasteiger partial charge in [0.05, 0.1) is 5.52 Å². The molecule has 0 aliphatic carbocycles. The third-order valence-electron chi connectivity index (χ3n) is 12.8. The maximum absolute atomic E-state index is 7.06. The van der Waals surface area contributed by atoms with Gasteiger partial charge in [-0.05, 0) is 47.5 Å². The molecule has 20 radical (unpaired) electrons. The molecule has 0 aliphatic heterocycles. The Morgan fingerprint density at radius 3 is 1.55 bits per heavy atom. The zero-order chi connectivity index (χ0) is 46.2. The monoisotopic (exact) mass is 830 g/mol. The summed E-state index contributed by atoms with van der Waals surface area (Å²) in [7, 11) is 66.4. The Labute approximate surface area is 397 Å². The van der Waals surface area contributed by atoms with Crippen molar-refractivity contribution in [2.75, 3.05) is 0 Å². The van der Waals surface area contributed by atoms with Crippen LogP contribution in [0.3, 0.4) is 0 Å². The molecule has 0 saturated carbocycles. The summed E-state index contributed by atoms with van der Waals surface area (Å²) in [6.45, 7) is 0. The average molecular weight is 829 g/mol. The lowest BCUT2D eigenvalue weighted by molar-refractivity contribution is 0.669. The summed E-state index contributed by atoms with van der Waals surface area (Å²) in [4.78, 5) is 15.0. The lowest BCUT2D eigenvalue weighted by Crippen LogP contribution is -2.48. The molecular formula is C51H20B10N4O2. The standard InChI is InChI=1S/C51H20B10N4O2/c52-35-31-34-46(42(59)37(54)32-33-36(53)39(56)41(58)44(61)48(33)67-47(32)34)65(45(31)43(60)40(57)38(35)55)26-15-17-29-28(20-26)27-16-14-25(19-30(27)66-29)51-63-49(22-10-5-2-6-11-22)62-50(64-51)24-13-7-12-23(18-24)21-8-3-1-4-9-21/h1-20H. The molecule has 6 nitrogen and oxygen atoms in total. The molecule has 67 heavy (non-hydrogen) atoms. The van der Waals surface area contributed by atoms with Gasteiger partial charge in [-0.2, -0.15) is 0 Å². The van der Waals surface area contributed by atoms with Crippen LogP contribution in [0.5, 0.6) is 0 Å². The summed E-state index contributed by atoms with van der Waals surface area (Å²) in [5.41, 5.74) is 8.89.